The van der Waals surface area contributed by atoms with Crippen molar-refractivity contribution in [3.63, 3.8) is 0 Å². The van der Waals surface area contributed by atoms with Crippen molar-refractivity contribution in [3.05, 3.63) is 64.1 Å². The van der Waals surface area contributed by atoms with Crippen molar-refractivity contribution in [2.45, 2.75) is 62.5 Å². The number of aromatic nitrogens is 3. The number of ether oxygens (including phenoxy) is 1. The zero-order valence-electron chi connectivity index (χ0n) is 20.4. The summed E-state index contributed by atoms with van der Waals surface area (Å²) in [6.07, 6.45) is 5.64. The molecule has 4 aliphatic rings. The number of methoxy groups -OCH3 is 1. The van der Waals surface area contributed by atoms with Gasteiger partial charge in [0, 0.05) is 23.6 Å². The number of aliphatic hydroxyl groups is 1. The summed E-state index contributed by atoms with van der Waals surface area (Å²) in [5.41, 5.74) is 7.40. The van der Waals surface area contributed by atoms with E-state index in [1.807, 2.05) is 4.57 Å². The van der Waals surface area contributed by atoms with Gasteiger partial charge in [0.15, 0.2) is 0 Å². The molecular formula is C28H26F2N4O3. The van der Waals surface area contributed by atoms with Crippen molar-refractivity contribution in [3.8, 4) is 29.1 Å². The molecule has 2 aliphatic carbocycles. The van der Waals surface area contributed by atoms with Crippen molar-refractivity contribution in [2.75, 3.05) is 7.11 Å². The predicted molar refractivity (Wildman–Crippen MR) is 131 cm³/mol. The van der Waals surface area contributed by atoms with Gasteiger partial charge in [0.05, 0.1) is 24.6 Å². The van der Waals surface area contributed by atoms with Gasteiger partial charge in [-0.05, 0) is 68.2 Å². The van der Waals surface area contributed by atoms with Gasteiger partial charge in [0.2, 0.25) is 5.88 Å². The van der Waals surface area contributed by atoms with E-state index in [2.05, 4.69) is 21.8 Å². The first-order chi connectivity index (χ1) is 17.8. The Morgan fingerprint density at radius 2 is 2.03 bits per heavy atom. The maximum atomic E-state index is 15.2. The molecule has 0 unspecified atom stereocenters. The summed E-state index contributed by atoms with van der Waals surface area (Å²) in [5, 5.41) is 10.6. The quantitative estimate of drug-likeness (QED) is 0.523. The first kappa shape index (κ1) is 23.6. The number of amides is 1. The lowest BCUT2D eigenvalue weighted by molar-refractivity contribution is 0.0994. The molecule has 0 radical (unpaired) electrons. The summed E-state index contributed by atoms with van der Waals surface area (Å²) >= 11 is 0. The highest BCUT2D eigenvalue weighted by Crippen LogP contribution is 2.53. The molecule has 0 saturated heterocycles. The number of primary amides is 1. The van der Waals surface area contributed by atoms with E-state index >= 15 is 4.39 Å². The second-order valence-electron chi connectivity index (χ2n) is 10.2. The molecule has 7 nitrogen and oxygen atoms in total. The molecule has 0 atom stereocenters. The van der Waals surface area contributed by atoms with Crippen molar-refractivity contribution in [1.82, 2.24) is 14.5 Å². The fourth-order valence-corrected chi connectivity index (χ4v) is 5.91. The molecule has 1 aromatic carbocycles. The van der Waals surface area contributed by atoms with Gasteiger partial charge in [0.25, 0.3) is 5.91 Å². The first-order valence-corrected chi connectivity index (χ1v) is 12.4. The fraction of sp³-hybridized carbons (Fsp3) is 0.393. The third-order valence-corrected chi connectivity index (χ3v) is 7.85. The molecular weight excluding hydrogens is 478 g/mol. The number of hydrogen-bond donors (Lipinski definition) is 2. The molecule has 1 amide bonds. The van der Waals surface area contributed by atoms with E-state index in [1.165, 1.54) is 19.2 Å². The summed E-state index contributed by atoms with van der Waals surface area (Å²) in [6.45, 7) is 0. The van der Waals surface area contributed by atoms with E-state index in [-0.39, 0.29) is 35.5 Å². The van der Waals surface area contributed by atoms with Crippen LogP contribution in [0, 0.1) is 23.5 Å². The fourth-order valence-electron chi connectivity index (χ4n) is 5.91. The normalized spacial score (nSPS) is 20.6. The van der Waals surface area contributed by atoms with Crippen LogP contribution in [0.4, 0.5) is 8.78 Å². The van der Waals surface area contributed by atoms with Crippen LogP contribution < -0.4 is 10.5 Å². The molecule has 2 fully saturated rings. The highest BCUT2D eigenvalue weighted by Gasteiger charge is 2.41. The Morgan fingerprint density at radius 1 is 1.27 bits per heavy atom. The van der Waals surface area contributed by atoms with Crippen molar-refractivity contribution < 1.29 is 23.4 Å². The first-order valence-electron chi connectivity index (χ1n) is 12.4. The van der Waals surface area contributed by atoms with E-state index < -0.39 is 23.1 Å². The minimum absolute atomic E-state index is 0.0345. The number of halogens is 2. The van der Waals surface area contributed by atoms with Crippen LogP contribution in [-0.4, -0.2) is 38.3 Å². The molecule has 2 aromatic heterocycles. The summed E-state index contributed by atoms with van der Waals surface area (Å²) < 4.78 is 36.5. The smallest absolute Gasteiger partial charge is 0.269 e. The Balaban J connectivity index is 1.50. The maximum Gasteiger partial charge on any atom is 0.269 e. The number of imidazole rings is 1. The zero-order valence-corrected chi connectivity index (χ0v) is 20.4. The molecule has 190 valence electrons. The highest BCUT2D eigenvalue weighted by atomic mass is 19.1. The van der Waals surface area contributed by atoms with Gasteiger partial charge in [-0.2, -0.15) is 0 Å². The summed E-state index contributed by atoms with van der Waals surface area (Å²) in [4.78, 5) is 21.1. The Kier molecular flexibility index (Phi) is 5.53. The second kappa shape index (κ2) is 8.67. The van der Waals surface area contributed by atoms with Crippen LogP contribution in [0.15, 0.2) is 24.4 Å². The third-order valence-electron chi connectivity index (χ3n) is 7.85. The molecule has 2 bridgehead atoms. The summed E-state index contributed by atoms with van der Waals surface area (Å²) in [6, 6.07) is 4.52. The number of carbonyl (C=O) groups is 1. The van der Waals surface area contributed by atoms with Crippen LogP contribution in [0.3, 0.4) is 0 Å². The van der Waals surface area contributed by atoms with Gasteiger partial charge in [-0.15, -0.1) is 0 Å². The van der Waals surface area contributed by atoms with Gasteiger partial charge in [-0.25, -0.2) is 18.7 Å². The van der Waals surface area contributed by atoms with Crippen LogP contribution in [0.1, 0.15) is 83.4 Å². The number of carbonyl (C=O) groups excluding carboxylic acids is 1. The topological polar surface area (TPSA) is 103 Å². The molecule has 3 N–H and O–H groups in total. The lowest BCUT2D eigenvalue weighted by Gasteiger charge is -2.35. The second-order valence-corrected chi connectivity index (χ2v) is 10.2. The van der Waals surface area contributed by atoms with Crippen LogP contribution in [0.25, 0.3) is 11.4 Å². The van der Waals surface area contributed by atoms with E-state index in [9.17, 15) is 14.3 Å². The Hall–Kier alpha value is -3.77. The molecule has 3 aromatic rings. The van der Waals surface area contributed by atoms with Gasteiger partial charge >= 0.3 is 0 Å². The third kappa shape index (κ3) is 3.96. The van der Waals surface area contributed by atoms with Crippen LogP contribution in [-0.2, 0) is 6.42 Å². The van der Waals surface area contributed by atoms with Gasteiger partial charge in [-0.1, -0.05) is 11.8 Å². The highest BCUT2D eigenvalue weighted by molar-refractivity contribution is 5.93. The standard InChI is InChI=1S/C28H26F2N4O3/c1-37-27-17(8-18(29)14-32-27)12-23-24(25(31)35)33-26-21-11-15(4-7-28(36)5-2-3-6-28)22(30)13-20(21)16-9-19(10-16)34(23)26/h8,11,13-14,16,19,36H,2-3,5-6,9-10,12H2,1H3,(H2,31,35). The van der Waals surface area contributed by atoms with E-state index in [1.54, 1.807) is 6.07 Å². The molecule has 9 heteroatoms. The summed E-state index contributed by atoms with van der Waals surface area (Å²) in [7, 11) is 1.45. The largest absolute Gasteiger partial charge is 0.481 e. The number of benzene rings is 1. The van der Waals surface area contributed by atoms with Crippen LogP contribution >= 0.6 is 0 Å². The van der Waals surface area contributed by atoms with Crippen molar-refractivity contribution in [2.24, 2.45) is 5.73 Å². The van der Waals surface area contributed by atoms with Gasteiger partial charge in [0.1, 0.15) is 28.8 Å². The number of rotatable bonds is 4. The number of hydrogen-bond acceptors (Lipinski definition) is 5. The molecule has 7 rings (SSSR count). The Morgan fingerprint density at radius 3 is 2.73 bits per heavy atom. The number of nitrogens with zero attached hydrogens (tertiary/aromatic N) is 3. The Bertz CT molecular complexity index is 1490. The van der Waals surface area contributed by atoms with E-state index in [4.69, 9.17) is 10.5 Å². The van der Waals surface area contributed by atoms with Crippen LogP contribution in [0.2, 0.25) is 0 Å². The summed E-state index contributed by atoms with van der Waals surface area (Å²) in [5.74, 6) is 4.97. The molecule has 2 saturated carbocycles. The van der Waals surface area contributed by atoms with E-state index in [0.29, 0.717) is 35.5 Å². The van der Waals surface area contributed by atoms with Gasteiger partial charge < -0.3 is 20.1 Å². The minimum atomic E-state index is -1.09. The van der Waals surface area contributed by atoms with E-state index in [0.717, 1.165) is 37.4 Å². The average molecular weight is 505 g/mol. The SMILES string of the molecule is COc1ncc(F)cc1Cc1c(C(N)=O)nc2n1C1CC(C1)c1cc(F)c(C#CC3(O)CCCC3)cc1-2. The average Bonchev–Trinajstić information content (AvgIpc) is 3.36. The van der Waals surface area contributed by atoms with Crippen molar-refractivity contribution in [1.29, 1.82) is 0 Å². The van der Waals surface area contributed by atoms with Gasteiger partial charge in [-0.3, -0.25) is 4.79 Å². The zero-order chi connectivity index (χ0) is 25.9. The monoisotopic (exact) mass is 504 g/mol. The molecule has 2 aliphatic heterocycles. The number of nitrogens with two attached hydrogens (primary N) is 1. The Labute approximate surface area is 212 Å². The molecule has 0 spiro atoms. The number of pyridine rings is 1. The van der Waals surface area contributed by atoms with Crippen LogP contribution in [0.5, 0.6) is 5.88 Å². The molecule has 4 heterocycles. The van der Waals surface area contributed by atoms with Crippen molar-refractivity contribution >= 4 is 5.91 Å². The predicted octanol–water partition coefficient (Wildman–Crippen LogP) is 4.01. The lowest BCUT2D eigenvalue weighted by atomic mass is 9.75. The molecule has 37 heavy (non-hydrogen) atoms. The minimum Gasteiger partial charge on any atom is -0.481 e. The lowest BCUT2D eigenvalue weighted by Crippen LogP contribution is -2.25. The maximum absolute atomic E-state index is 15.2.